The molecule has 0 saturated heterocycles. The molecule has 0 amide bonds. The van der Waals surface area contributed by atoms with Crippen LogP contribution in [0.2, 0.25) is 0 Å². The van der Waals surface area contributed by atoms with E-state index in [-0.39, 0.29) is 11.1 Å². The van der Waals surface area contributed by atoms with Crippen molar-refractivity contribution in [1.29, 1.82) is 5.26 Å². The van der Waals surface area contributed by atoms with Crippen molar-refractivity contribution < 1.29 is 0 Å². The highest BCUT2D eigenvalue weighted by molar-refractivity contribution is 5.73. The Bertz CT molecular complexity index is 1770. The lowest BCUT2D eigenvalue weighted by molar-refractivity contribution is 0.461. The van der Waals surface area contributed by atoms with E-state index in [1.54, 1.807) is 0 Å². The number of nitrogens with zero attached hydrogens (tertiary/aromatic N) is 3. The molecule has 6 aromatic rings. The Morgan fingerprint density at radius 3 is 1.73 bits per heavy atom. The number of aromatic nitrogens is 3. The summed E-state index contributed by atoms with van der Waals surface area (Å²) in [4.78, 5) is 15.0. The molecule has 4 aromatic carbocycles. The SMILES string of the molecule is Cc1cc(-c2ccc(-c3ccn(C(c4ccccc4)(c4ccccc4)c4ccccc4)n3)cc2)c(C#N)c(=O)[nH]1. The minimum atomic E-state index is -0.688. The highest BCUT2D eigenvalue weighted by Gasteiger charge is 2.39. The molecule has 0 fully saturated rings. The van der Waals surface area contributed by atoms with Gasteiger partial charge in [0.05, 0.1) is 5.69 Å². The summed E-state index contributed by atoms with van der Waals surface area (Å²) in [5.74, 6) is 0. The van der Waals surface area contributed by atoms with Gasteiger partial charge in [-0.05, 0) is 41.3 Å². The van der Waals surface area contributed by atoms with Gasteiger partial charge in [0.15, 0.2) is 0 Å². The molecule has 0 atom stereocenters. The van der Waals surface area contributed by atoms with Crippen LogP contribution in [0.3, 0.4) is 0 Å². The minimum absolute atomic E-state index is 0.112. The molecule has 0 bridgehead atoms. The Balaban J connectivity index is 1.49. The lowest BCUT2D eigenvalue weighted by Crippen LogP contribution is -2.38. The van der Waals surface area contributed by atoms with Crippen molar-refractivity contribution in [3.05, 3.63) is 172 Å². The maximum atomic E-state index is 12.3. The smallest absolute Gasteiger partial charge is 0.266 e. The number of aromatic amines is 1. The van der Waals surface area contributed by atoms with Crippen LogP contribution in [0.1, 0.15) is 27.9 Å². The molecule has 6 rings (SSSR count). The van der Waals surface area contributed by atoms with Crippen molar-refractivity contribution in [2.75, 3.05) is 0 Å². The summed E-state index contributed by atoms with van der Waals surface area (Å²) in [6.45, 7) is 1.81. The van der Waals surface area contributed by atoms with Gasteiger partial charge in [0, 0.05) is 23.0 Å². The van der Waals surface area contributed by atoms with Crippen molar-refractivity contribution in [3.63, 3.8) is 0 Å². The number of aryl methyl sites for hydroxylation is 1. The number of benzene rings is 4. The average molecular weight is 519 g/mol. The molecule has 5 nitrogen and oxygen atoms in total. The van der Waals surface area contributed by atoms with Crippen LogP contribution in [0, 0.1) is 18.3 Å². The van der Waals surface area contributed by atoms with Gasteiger partial charge in [0.2, 0.25) is 0 Å². The zero-order valence-corrected chi connectivity index (χ0v) is 22.0. The lowest BCUT2D eigenvalue weighted by atomic mass is 9.77. The van der Waals surface area contributed by atoms with Gasteiger partial charge in [-0.2, -0.15) is 10.4 Å². The molecule has 0 aliphatic heterocycles. The summed E-state index contributed by atoms with van der Waals surface area (Å²) in [6.07, 6.45) is 2.03. The maximum Gasteiger partial charge on any atom is 0.266 e. The zero-order chi connectivity index (χ0) is 27.5. The van der Waals surface area contributed by atoms with Crippen LogP contribution in [0.25, 0.3) is 22.4 Å². The molecule has 0 spiro atoms. The van der Waals surface area contributed by atoms with Crippen LogP contribution < -0.4 is 5.56 Å². The van der Waals surface area contributed by atoms with Gasteiger partial charge in [-0.25, -0.2) is 0 Å². The van der Waals surface area contributed by atoms with Crippen LogP contribution >= 0.6 is 0 Å². The van der Waals surface area contributed by atoms with E-state index in [4.69, 9.17) is 5.10 Å². The van der Waals surface area contributed by atoms with Gasteiger partial charge in [-0.15, -0.1) is 0 Å². The topological polar surface area (TPSA) is 74.5 Å². The third kappa shape index (κ3) is 4.22. The monoisotopic (exact) mass is 518 g/mol. The second-order valence-corrected chi connectivity index (χ2v) is 9.71. The molecule has 5 heteroatoms. The average Bonchev–Trinajstić information content (AvgIpc) is 3.50. The predicted molar refractivity (Wildman–Crippen MR) is 158 cm³/mol. The fourth-order valence-corrected chi connectivity index (χ4v) is 5.45. The minimum Gasteiger partial charge on any atom is -0.325 e. The van der Waals surface area contributed by atoms with Gasteiger partial charge in [0.1, 0.15) is 17.2 Å². The molecule has 0 unspecified atom stereocenters. The first-order valence-electron chi connectivity index (χ1n) is 13.1. The Hall–Kier alpha value is -5.47. The molecule has 0 radical (unpaired) electrons. The van der Waals surface area contributed by atoms with E-state index >= 15 is 0 Å². The molecular weight excluding hydrogens is 492 g/mol. The first-order valence-corrected chi connectivity index (χ1v) is 13.1. The van der Waals surface area contributed by atoms with Crippen molar-refractivity contribution in [3.8, 4) is 28.5 Å². The van der Waals surface area contributed by atoms with Crippen molar-refractivity contribution in [2.45, 2.75) is 12.5 Å². The van der Waals surface area contributed by atoms with Crippen LogP contribution in [0.4, 0.5) is 0 Å². The van der Waals surface area contributed by atoms with Crippen LogP contribution in [0.15, 0.2) is 138 Å². The molecule has 0 saturated carbocycles. The summed E-state index contributed by atoms with van der Waals surface area (Å²) in [6, 6.07) is 45.0. The van der Waals surface area contributed by atoms with Gasteiger partial charge in [-0.3, -0.25) is 9.48 Å². The van der Waals surface area contributed by atoms with E-state index in [2.05, 4.69) is 77.8 Å². The van der Waals surface area contributed by atoms with E-state index in [0.29, 0.717) is 11.3 Å². The summed E-state index contributed by atoms with van der Waals surface area (Å²) in [5, 5.41) is 14.7. The number of hydrogen-bond donors (Lipinski definition) is 1. The lowest BCUT2D eigenvalue weighted by Gasteiger charge is -2.36. The van der Waals surface area contributed by atoms with Crippen molar-refractivity contribution in [1.82, 2.24) is 14.8 Å². The van der Waals surface area contributed by atoms with E-state index in [9.17, 15) is 10.1 Å². The van der Waals surface area contributed by atoms with E-state index in [1.807, 2.05) is 78.5 Å². The van der Waals surface area contributed by atoms with Gasteiger partial charge >= 0.3 is 0 Å². The normalized spacial score (nSPS) is 11.2. The molecule has 1 N–H and O–H groups in total. The van der Waals surface area contributed by atoms with Gasteiger partial charge in [0.25, 0.3) is 5.56 Å². The van der Waals surface area contributed by atoms with Gasteiger partial charge < -0.3 is 4.98 Å². The highest BCUT2D eigenvalue weighted by Crippen LogP contribution is 2.41. The standard InChI is InChI=1S/C35H26N4O/c1-25-23-31(32(24-36)34(40)37-25)26-17-19-27(20-18-26)33-21-22-39(38-33)35(28-11-5-2-6-12-28,29-13-7-3-8-14-29)30-15-9-4-10-16-30/h2-23H,1H3,(H,37,40). The summed E-state index contributed by atoms with van der Waals surface area (Å²) < 4.78 is 2.05. The van der Waals surface area contributed by atoms with Crippen LogP contribution in [-0.4, -0.2) is 14.8 Å². The third-order valence-corrected chi connectivity index (χ3v) is 7.28. The van der Waals surface area contributed by atoms with Crippen LogP contribution in [0.5, 0.6) is 0 Å². The Morgan fingerprint density at radius 2 is 1.23 bits per heavy atom. The van der Waals surface area contributed by atoms with Crippen LogP contribution in [-0.2, 0) is 5.54 Å². The van der Waals surface area contributed by atoms with E-state index in [1.165, 1.54) is 0 Å². The predicted octanol–water partition coefficient (Wildman–Crippen LogP) is 6.93. The first kappa shape index (κ1) is 24.8. The third-order valence-electron chi connectivity index (χ3n) is 7.28. The molecule has 2 heterocycles. The summed E-state index contributed by atoms with van der Waals surface area (Å²) in [7, 11) is 0. The Kier molecular flexibility index (Phi) is 6.43. The number of nitriles is 1. The quantitative estimate of drug-likeness (QED) is 0.243. The Morgan fingerprint density at radius 1 is 0.725 bits per heavy atom. The maximum absolute atomic E-state index is 12.3. The second kappa shape index (κ2) is 10.4. The molecule has 2 aromatic heterocycles. The van der Waals surface area contributed by atoms with E-state index in [0.717, 1.165) is 33.5 Å². The molecule has 0 aliphatic carbocycles. The fraction of sp³-hybridized carbons (Fsp3) is 0.0571. The molecule has 40 heavy (non-hydrogen) atoms. The number of rotatable bonds is 6. The second-order valence-electron chi connectivity index (χ2n) is 9.71. The Labute approximate surface area is 232 Å². The number of pyridine rings is 1. The van der Waals surface area contributed by atoms with E-state index < -0.39 is 5.54 Å². The number of H-pyrrole nitrogens is 1. The fourth-order valence-electron chi connectivity index (χ4n) is 5.45. The largest absolute Gasteiger partial charge is 0.325 e. The highest BCUT2D eigenvalue weighted by atomic mass is 16.1. The molecule has 192 valence electrons. The zero-order valence-electron chi connectivity index (χ0n) is 22.0. The number of nitrogens with one attached hydrogen (secondary N) is 1. The summed E-state index contributed by atoms with van der Waals surface area (Å²) in [5.41, 5.74) is 6.25. The van der Waals surface area contributed by atoms with Crippen molar-refractivity contribution in [2.24, 2.45) is 0 Å². The van der Waals surface area contributed by atoms with Gasteiger partial charge in [-0.1, -0.05) is 115 Å². The first-order chi connectivity index (χ1) is 19.6. The van der Waals surface area contributed by atoms with Crippen molar-refractivity contribution >= 4 is 0 Å². The summed E-state index contributed by atoms with van der Waals surface area (Å²) >= 11 is 0. The molecule has 0 aliphatic rings. The molecular formula is C35H26N4O. The number of hydrogen-bond acceptors (Lipinski definition) is 3.